The number of hydrogen-bond acceptors (Lipinski definition) is 6. The molecule has 0 radical (unpaired) electrons. The van der Waals surface area contributed by atoms with Crippen LogP contribution in [0.25, 0.3) is 5.57 Å². The summed E-state index contributed by atoms with van der Waals surface area (Å²) in [5.41, 5.74) is 1.37. The molecule has 5 rings (SSSR count). The Labute approximate surface area is 186 Å². The molecule has 168 valence electrons. The maximum atomic E-state index is 13.6. The average Bonchev–Trinajstić information content (AvgIpc) is 3.25. The van der Waals surface area contributed by atoms with Gasteiger partial charge in [-0.15, -0.1) is 0 Å². The Balaban J connectivity index is 1.72. The van der Waals surface area contributed by atoms with Crippen LogP contribution in [0, 0.1) is 5.92 Å². The van der Waals surface area contributed by atoms with E-state index in [0.29, 0.717) is 28.2 Å². The third-order valence-electron chi connectivity index (χ3n) is 6.16. The van der Waals surface area contributed by atoms with Crippen molar-refractivity contribution in [1.82, 2.24) is 4.31 Å². The Kier molecular flexibility index (Phi) is 5.21. The van der Waals surface area contributed by atoms with Crippen LogP contribution in [0.2, 0.25) is 0 Å². The van der Waals surface area contributed by atoms with Gasteiger partial charge in [-0.05, 0) is 42.5 Å². The topological polar surface area (TPSA) is 102 Å². The van der Waals surface area contributed by atoms with Gasteiger partial charge in [0.1, 0.15) is 0 Å². The van der Waals surface area contributed by atoms with Crippen LogP contribution in [0.5, 0.6) is 11.5 Å². The van der Waals surface area contributed by atoms with Crippen LogP contribution < -0.4 is 9.47 Å². The zero-order valence-corrected chi connectivity index (χ0v) is 18.1. The first-order chi connectivity index (χ1) is 15.4. The van der Waals surface area contributed by atoms with Crippen LogP contribution in [0.15, 0.2) is 53.2 Å². The normalized spacial score (nSPS) is 19.6. The summed E-state index contributed by atoms with van der Waals surface area (Å²) >= 11 is 0. The molecule has 0 bridgehead atoms. The number of hydrogen-bond donors (Lipinski definition) is 1. The van der Waals surface area contributed by atoms with Gasteiger partial charge in [-0.1, -0.05) is 43.5 Å². The molecule has 8 nitrogen and oxygen atoms in total. The fourth-order valence-corrected chi connectivity index (χ4v) is 6.36. The van der Waals surface area contributed by atoms with Gasteiger partial charge in [0.25, 0.3) is 10.0 Å². The van der Waals surface area contributed by atoms with Gasteiger partial charge in [-0.3, -0.25) is 0 Å². The molecule has 0 saturated heterocycles. The largest absolute Gasteiger partial charge is 0.512 e. The summed E-state index contributed by atoms with van der Waals surface area (Å²) in [4.78, 5) is 11.8. The monoisotopic (exact) mass is 457 g/mol. The number of carbonyl (C=O) groups is 1. The number of ether oxygens (including phenoxy) is 3. The first-order valence-corrected chi connectivity index (χ1v) is 12.1. The van der Waals surface area contributed by atoms with Gasteiger partial charge in [0.05, 0.1) is 10.5 Å². The van der Waals surface area contributed by atoms with Gasteiger partial charge in [0, 0.05) is 12.1 Å². The van der Waals surface area contributed by atoms with E-state index in [0.717, 1.165) is 36.4 Å². The molecule has 0 amide bonds. The zero-order valence-electron chi connectivity index (χ0n) is 17.3. The molecule has 1 N–H and O–H groups in total. The molecule has 0 unspecified atom stereocenters. The molecular weight excluding hydrogens is 434 g/mol. The standard InChI is InChI=1S/C23H23NO7S/c25-23(26)31-22-21(16-10-11-18-19(12-16)30-14-29-18)17-8-4-5-9-20(17)32(27,28)24(22)13-15-6-2-1-3-7-15/h4-5,8-12,15H,1-3,6-7,13-14H2,(H,25,26). The van der Waals surface area contributed by atoms with Crippen LogP contribution >= 0.6 is 0 Å². The van der Waals surface area contributed by atoms with E-state index >= 15 is 0 Å². The predicted octanol–water partition coefficient (Wildman–Crippen LogP) is 4.41. The summed E-state index contributed by atoms with van der Waals surface area (Å²) in [6.45, 7) is 0.266. The third-order valence-corrected chi connectivity index (χ3v) is 7.97. The lowest BCUT2D eigenvalue weighted by Gasteiger charge is -2.35. The summed E-state index contributed by atoms with van der Waals surface area (Å²) in [5.74, 6) is 1.02. The summed E-state index contributed by atoms with van der Waals surface area (Å²) in [7, 11) is -4.00. The number of nitrogens with zero attached hydrogens (tertiary/aromatic N) is 1. The lowest BCUT2D eigenvalue weighted by molar-refractivity contribution is 0.0985. The van der Waals surface area contributed by atoms with Crippen molar-refractivity contribution in [3.05, 3.63) is 59.5 Å². The van der Waals surface area contributed by atoms with E-state index in [2.05, 4.69) is 0 Å². The Morgan fingerprint density at radius 1 is 1.06 bits per heavy atom. The number of benzene rings is 2. The zero-order chi connectivity index (χ0) is 22.3. The summed E-state index contributed by atoms with van der Waals surface area (Å²) < 4.78 is 44.4. The summed E-state index contributed by atoms with van der Waals surface area (Å²) in [6.07, 6.45) is 3.41. The van der Waals surface area contributed by atoms with E-state index in [1.54, 1.807) is 42.5 Å². The maximum Gasteiger partial charge on any atom is 0.512 e. The van der Waals surface area contributed by atoms with E-state index in [-0.39, 0.29) is 30.0 Å². The molecule has 3 aliphatic rings. The Morgan fingerprint density at radius 2 is 1.81 bits per heavy atom. The van der Waals surface area contributed by atoms with Gasteiger partial charge in [0.15, 0.2) is 11.5 Å². The van der Waals surface area contributed by atoms with Gasteiger partial charge < -0.3 is 19.3 Å². The maximum absolute atomic E-state index is 13.6. The molecule has 0 aromatic heterocycles. The molecule has 2 aromatic carbocycles. The van der Waals surface area contributed by atoms with E-state index in [9.17, 15) is 18.3 Å². The second-order valence-electron chi connectivity index (χ2n) is 8.15. The van der Waals surface area contributed by atoms with Crippen molar-refractivity contribution in [2.45, 2.75) is 37.0 Å². The van der Waals surface area contributed by atoms with Gasteiger partial charge in [-0.2, -0.15) is 0 Å². The minimum Gasteiger partial charge on any atom is -0.454 e. The van der Waals surface area contributed by atoms with Crippen molar-refractivity contribution in [3.63, 3.8) is 0 Å². The SMILES string of the molecule is O=C(O)OC1=C(c2ccc3c(c2)OCO3)c2ccccc2S(=O)(=O)N1CC1CCCCC1. The van der Waals surface area contributed by atoms with Crippen LogP contribution in [0.3, 0.4) is 0 Å². The summed E-state index contributed by atoms with van der Waals surface area (Å²) in [6, 6.07) is 11.8. The molecule has 32 heavy (non-hydrogen) atoms. The van der Waals surface area contributed by atoms with E-state index in [4.69, 9.17) is 14.2 Å². The Hall–Kier alpha value is -3.20. The molecule has 9 heteroatoms. The highest BCUT2D eigenvalue weighted by atomic mass is 32.2. The fourth-order valence-electron chi connectivity index (χ4n) is 4.67. The van der Waals surface area contributed by atoms with E-state index < -0.39 is 16.2 Å². The third kappa shape index (κ3) is 3.56. The number of sulfonamides is 1. The minimum absolute atomic E-state index is 0.0923. The van der Waals surface area contributed by atoms with Gasteiger partial charge in [0.2, 0.25) is 12.7 Å². The fraction of sp³-hybridized carbons (Fsp3) is 0.348. The van der Waals surface area contributed by atoms with Crippen molar-refractivity contribution in [3.8, 4) is 11.5 Å². The van der Waals surface area contributed by atoms with Gasteiger partial charge in [-0.25, -0.2) is 17.5 Å². The lowest BCUT2D eigenvalue weighted by Crippen LogP contribution is -2.40. The molecular formula is C23H23NO7S. The molecule has 2 aliphatic heterocycles. The molecule has 2 aromatic rings. The van der Waals surface area contributed by atoms with Crippen molar-refractivity contribution in [1.29, 1.82) is 0 Å². The highest BCUT2D eigenvalue weighted by Gasteiger charge is 2.41. The molecule has 2 heterocycles. The van der Waals surface area contributed by atoms with Crippen molar-refractivity contribution in [2.75, 3.05) is 13.3 Å². The molecule has 0 spiro atoms. The van der Waals surface area contributed by atoms with Crippen LogP contribution in [-0.4, -0.2) is 37.3 Å². The van der Waals surface area contributed by atoms with Crippen molar-refractivity contribution in [2.24, 2.45) is 5.92 Å². The van der Waals surface area contributed by atoms with E-state index in [1.165, 1.54) is 0 Å². The molecule has 0 atom stereocenters. The Bertz CT molecular complexity index is 1200. The number of carboxylic acid groups (broad SMARTS) is 1. The quantitative estimate of drug-likeness (QED) is 0.679. The second kappa shape index (κ2) is 8.05. The smallest absolute Gasteiger partial charge is 0.454 e. The second-order valence-corrected chi connectivity index (χ2v) is 9.98. The summed E-state index contributed by atoms with van der Waals surface area (Å²) in [5, 5.41) is 9.50. The van der Waals surface area contributed by atoms with Crippen LogP contribution in [0.4, 0.5) is 4.79 Å². The predicted molar refractivity (Wildman–Crippen MR) is 115 cm³/mol. The first kappa shape index (κ1) is 20.7. The van der Waals surface area contributed by atoms with Crippen molar-refractivity contribution < 1.29 is 32.5 Å². The number of fused-ring (bicyclic) bond motifs is 2. The van der Waals surface area contributed by atoms with Crippen LogP contribution in [0.1, 0.15) is 43.2 Å². The minimum atomic E-state index is -4.00. The van der Waals surface area contributed by atoms with Crippen molar-refractivity contribution >= 4 is 21.8 Å². The number of rotatable bonds is 4. The Morgan fingerprint density at radius 3 is 2.59 bits per heavy atom. The van der Waals surface area contributed by atoms with Crippen LogP contribution in [-0.2, 0) is 14.8 Å². The van der Waals surface area contributed by atoms with Gasteiger partial charge >= 0.3 is 6.16 Å². The lowest BCUT2D eigenvalue weighted by atomic mass is 9.89. The molecule has 1 aliphatic carbocycles. The first-order valence-electron chi connectivity index (χ1n) is 10.6. The highest BCUT2D eigenvalue weighted by Crippen LogP contribution is 2.44. The molecule has 1 fully saturated rings. The van der Waals surface area contributed by atoms with E-state index in [1.807, 2.05) is 0 Å². The molecule has 1 saturated carbocycles. The highest BCUT2D eigenvalue weighted by molar-refractivity contribution is 7.89. The average molecular weight is 458 g/mol.